The molecule has 0 saturated carbocycles. The van der Waals surface area contributed by atoms with Crippen molar-refractivity contribution in [2.24, 2.45) is 0 Å². The number of urea groups is 1. The van der Waals surface area contributed by atoms with E-state index in [2.05, 4.69) is 69.9 Å². The van der Waals surface area contributed by atoms with Gasteiger partial charge in [0.1, 0.15) is 0 Å². The molecule has 0 spiro atoms. The molecule has 6 nitrogen and oxygen atoms in total. The average Bonchev–Trinajstić information content (AvgIpc) is 3.44. The van der Waals surface area contributed by atoms with Gasteiger partial charge >= 0.3 is 223 Å². The molecule has 4 amide bonds. The predicted molar refractivity (Wildman–Crippen MR) is 143 cm³/mol. The molecule has 8 heteroatoms. The Morgan fingerprint density at radius 3 is 1.89 bits per heavy atom. The molecule has 5 heterocycles. The van der Waals surface area contributed by atoms with E-state index >= 15 is 0 Å². The number of anilines is 3. The first-order valence-electron chi connectivity index (χ1n) is 11.9. The number of fused-ring (bicyclic) bond motifs is 4. The number of hydrogen-bond donors (Lipinski definition) is 0. The molecule has 0 atom stereocenters. The number of aryl methyl sites for hydroxylation is 1. The van der Waals surface area contributed by atoms with Gasteiger partial charge in [0.25, 0.3) is 0 Å². The fourth-order valence-corrected chi connectivity index (χ4v) is 11.1. The minimum atomic E-state index is -0.601. The van der Waals surface area contributed by atoms with E-state index < -0.39 is 17.8 Å². The van der Waals surface area contributed by atoms with E-state index in [-0.39, 0.29) is 45.4 Å². The zero-order valence-corrected chi connectivity index (χ0v) is 24.8. The van der Waals surface area contributed by atoms with Crippen LogP contribution in [0.2, 0.25) is 0 Å². The number of para-hydroxylation sites is 1. The molecule has 1 fully saturated rings. The third-order valence-corrected chi connectivity index (χ3v) is 12.3. The van der Waals surface area contributed by atoms with E-state index in [4.69, 9.17) is 0 Å². The zero-order chi connectivity index (χ0) is 25.9. The molecule has 0 radical (unpaired) electrons. The van der Waals surface area contributed by atoms with E-state index in [9.17, 15) is 14.4 Å². The summed E-state index contributed by atoms with van der Waals surface area (Å²) in [6.45, 7) is 11.4. The third-order valence-electron chi connectivity index (χ3n) is 7.86. The summed E-state index contributed by atoms with van der Waals surface area (Å²) in [4.78, 5) is 42.5. The molecule has 0 N–H and O–H groups in total. The molecule has 36 heavy (non-hydrogen) atoms. The van der Waals surface area contributed by atoms with E-state index in [0.29, 0.717) is 0 Å². The summed E-state index contributed by atoms with van der Waals surface area (Å²) >= 11 is 0.144. The van der Waals surface area contributed by atoms with Crippen LogP contribution in [-0.4, -0.2) is 70.7 Å². The minimum absolute atomic E-state index is 0.0471. The maximum absolute atomic E-state index is 12.9. The van der Waals surface area contributed by atoms with Gasteiger partial charge in [-0.15, -0.1) is 0 Å². The second-order valence-electron chi connectivity index (χ2n) is 10.8. The van der Waals surface area contributed by atoms with Crippen molar-refractivity contribution < 1.29 is 14.4 Å². The number of imide groups is 2. The molecule has 6 rings (SSSR count). The molecule has 1 aromatic carbocycles. The van der Waals surface area contributed by atoms with E-state index in [0.717, 1.165) is 14.2 Å². The van der Waals surface area contributed by atoms with Gasteiger partial charge in [0.05, 0.1) is 0 Å². The molecular formula is C28H27N3O3Se2. The second-order valence-corrected chi connectivity index (χ2v) is 15.6. The number of carbonyl (C=O) groups excluding carboxylic acids is 3. The monoisotopic (exact) mass is 613 g/mol. The first-order valence-corrected chi connectivity index (χ1v) is 15.3. The standard InChI is InChI=1S/C28H27N3O3Se2/c1-14-11-19-24(35-14)31-21-17(27(19,2)3)9-8-10-18(21)28(4,5)20-13-15(36-25(20)31)12-16-22(32)29(6)26(34)30(7)23(16)33/h8-13H,1-7H3. The van der Waals surface area contributed by atoms with Crippen LogP contribution in [0.15, 0.2) is 35.9 Å². The SMILES string of the molecule is Cc1cc2c([se]1)N1c3[se]c(C=C4C(=O)N(C)C(=O)N(C)C4=O)cc3C(C)(C)c3cccc(c31)C2(C)C. The van der Waals surface area contributed by atoms with Crippen LogP contribution in [-0.2, 0) is 20.4 Å². The molecule has 0 unspecified atom stereocenters. The Morgan fingerprint density at radius 1 is 0.778 bits per heavy atom. The molecule has 2 aromatic heterocycles. The van der Waals surface area contributed by atoms with Crippen LogP contribution in [0.3, 0.4) is 0 Å². The van der Waals surface area contributed by atoms with E-state index in [1.54, 1.807) is 6.08 Å². The second kappa shape index (κ2) is 7.45. The van der Waals surface area contributed by atoms with Crippen molar-refractivity contribution in [1.82, 2.24) is 9.80 Å². The Hall–Kier alpha value is -2.63. The molecule has 3 aliphatic rings. The predicted octanol–water partition coefficient (Wildman–Crippen LogP) is 4.29. The van der Waals surface area contributed by atoms with Crippen LogP contribution < -0.4 is 4.90 Å². The fraction of sp³-hybridized carbons (Fsp3) is 0.321. The first-order chi connectivity index (χ1) is 16.9. The number of benzene rings is 1. The van der Waals surface area contributed by atoms with E-state index in [1.807, 2.05) is 0 Å². The van der Waals surface area contributed by atoms with Gasteiger partial charge in [0, 0.05) is 0 Å². The van der Waals surface area contributed by atoms with Crippen molar-refractivity contribution in [3.05, 3.63) is 67.0 Å². The number of rotatable bonds is 1. The number of nitrogens with zero attached hydrogens (tertiary/aromatic N) is 3. The van der Waals surface area contributed by atoms with Crippen molar-refractivity contribution in [2.75, 3.05) is 19.0 Å². The molecule has 0 aliphatic carbocycles. The Labute approximate surface area is 222 Å². The van der Waals surface area contributed by atoms with Crippen LogP contribution >= 0.6 is 0 Å². The summed E-state index contributed by atoms with van der Waals surface area (Å²) in [5.74, 6) is -1.09. The van der Waals surface area contributed by atoms with Crippen LogP contribution in [0.25, 0.3) is 6.08 Å². The van der Waals surface area contributed by atoms with Gasteiger partial charge in [-0.25, -0.2) is 0 Å². The summed E-state index contributed by atoms with van der Waals surface area (Å²) < 4.78 is 5.11. The summed E-state index contributed by atoms with van der Waals surface area (Å²) in [7, 11) is 2.84. The number of amides is 4. The van der Waals surface area contributed by atoms with Crippen LogP contribution in [0.5, 0.6) is 0 Å². The number of hydrogen-bond acceptors (Lipinski definition) is 4. The summed E-state index contributed by atoms with van der Waals surface area (Å²) in [5, 5.41) is 0. The van der Waals surface area contributed by atoms with Gasteiger partial charge in [-0.3, -0.25) is 0 Å². The van der Waals surface area contributed by atoms with Crippen molar-refractivity contribution in [1.29, 1.82) is 0 Å². The summed E-state index contributed by atoms with van der Waals surface area (Å²) in [5.41, 5.74) is 6.39. The van der Waals surface area contributed by atoms with Crippen molar-refractivity contribution in [3.8, 4) is 0 Å². The van der Waals surface area contributed by atoms with Gasteiger partial charge in [0.2, 0.25) is 0 Å². The first kappa shape index (κ1) is 23.7. The van der Waals surface area contributed by atoms with Crippen LogP contribution in [0.4, 0.5) is 19.6 Å². The molecule has 1 saturated heterocycles. The Bertz CT molecular complexity index is 1530. The fourth-order valence-electron chi connectivity index (χ4n) is 5.70. The van der Waals surface area contributed by atoms with Gasteiger partial charge in [-0.1, -0.05) is 0 Å². The zero-order valence-electron chi connectivity index (χ0n) is 21.3. The van der Waals surface area contributed by atoms with Crippen LogP contribution in [0, 0.1) is 6.92 Å². The van der Waals surface area contributed by atoms with Gasteiger partial charge in [-0.05, 0) is 0 Å². The Balaban J connectivity index is 1.59. The van der Waals surface area contributed by atoms with Gasteiger partial charge < -0.3 is 0 Å². The molecule has 3 aromatic rings. The molecule has 3 aliphatic heterocycles. The topological polar surface area (TPSA) is 60.9 Å². The van der Waals surface area contributed by atoms with Crippen molar-refractivity contribution >= 4 is 67.7 Å². The van der Waals surface area contributed by atoms with Crippen molar-refractivity contribution in [3.63, 3.8) is 0 Å². The van der Waals surface area contributed by atoms with Gasteiger partial charge in [-0.2, -0.15) is 0 Å². The number of likely N-dealkylation sites (N-methyl/N-ethyl adjacent to an activating group) is 2. The molecule has 0 bridgehead atoms. The number of barbiturate groups is 1. The Kier molecular flexibility index (Phi) is 4.92. The van der Waals surface area contributed by atoms with E-state index in [1.165, 1.54) is 55.6 Å². The van der Waals surface area contributed by atoms with Crippen LogP contribution in [0.1, 0.15) is 58.8 Å². The third kappa shape index (κ3) is 2.93. The summed E-state index contributed by atoms with van der Waals surface area (Å²) in [6.07, 6.45) is 1.72. The quantitative estimate of drug-likeness (QED) is 0.234. The Morgan fingerprint density at radius 2 is 1.31 bits per heavy atom. The van der Waals surface area contributed by atoms with Gasteiger partial charge in [0.15, 0.2) is 0 Å². The average molecular weight is 611 g/mol. The number of carbonyl (C=O) groups is 3. The molecular weight excluding hydrogens is 584 g/mol. The molecule has 184 valence electrons. The normalized spacial score (nSPS) is 19.4. The van der Waals surface area contributed by atoms with Crippen molar-refractivity contribution in [2.45, 2.75) is 45.4 Å². The maximum atomic E-state index is 12.9. The summed E-state index contributed by atoms with van der Waals surface area (Å²) in [6, 6.07) is 10.7.